The zero-order chi connectivity index (χ0) is 26.6. The van der Waals surface area contributed by atoms with Crippen molar-refractivity contribution in [2.24, 2.45) is 5.92 Å². The highest BCUT2D eigenvalue weighted by Crippen LogP contribution is 2.39. The molecular formula is C34H52N4. The Balaban J connectivity index is 1.43. The average Bonchev–Trinajstić information content (AvgIpc) is 3.55. The second kappa shape index (κ2) is 12.4. The van der Waals surface area contributed by atoms with Crippen molar-refractivity contribution in [1.29, 1.82) is 0 Å². The van der Waals surface area contributed by atoms with Crippen LogP contribution >= 0.6 is 0 Å². The summed E-state index contributed by atoms with van der Waals surface area (Å²) in [6.45, 7) is 9.45. The molecule has 4 heteroatoms. The first-order chi connectivity index (χ1) is 18.4. The van der Waals surface area contributed by atoms with E-state index in [9.17, 15) is 0 Å². The van der Waals surface area contributed by atoms with Gasteiger partial charge in [-0.05, 0) is 106 Å². The molecule has 0 aromatic heterocycles. The molecule has 0 radical (unpaired) electrons. The number of benzene rings is 2. The van der Waals surface area contributed by atoms with Crippen LogP contribution < -0.4 is 10.2 Å². The van der Waals surface area contributed by atoms with Crippen molar-refractivity contribution in [3.8, 4) is 0 Å². The number of rotatable bonds is 10. The van der Waals surface area contributed by atoms with Crippen LogP contribution in [0.4, 0.5) is 11.4 Å². The number of nitrogens with one attached hydrogen (secondary N) is 1. The van der Waals surface area contributed by atoms with Gasteiger partial charge in [0.2, 0.25) is 0 Å². The number of hydrogen-bond donors (Lipinski definition) is 1. The minimum Gasteiger partial charge on any atom is -0.378 e. The van der Waals surface area contributed by atoms with E-state index in [2.05, 4.69) is 79.3 Å². The summed E-state index contributed by atoms with van der Waals surface area (Å²) in [5.41, 5.74) is 12.0. The van der Waals surface area contributed by atoms with E-state index in [-0.39, 0.29) is 6.04 Å². The summed E-state index contributed by atoms with van der Waals surface area (Å²) >= 11 is 0. The van der Waals surface area contributed by atoms with Crippen LogP contribution in [-0.2, 0) is 25.7 Å². The van der Waals surface area contributed by atoms with Crippen LogP contribution in [0.3, 0.4) is 0 Å². The molecule has 5 rings (SSSR count). The van der Waals surface area contributed by atoms with Crippen LogP contribution in [0.15, 0.2) is 24.3 Å². The van der Waals surface area contributed by atoms with Gasteiger partial charge in [0.1, 0.15) is 0 Å². The fourth-order valence-corrected chi connectivity index (χ4v) is 7.40. The third kappa shape index (κ3) is 6.39. The molecule has 2 aromatic rings. The van der Waals surface area contributed by atoms with Crippen molar-refractivity contribution < 1.29 is 0 Å². The largest absolute Gasteiger partial charge is 0.378 e. The molecule has 1 atom stereocenters. The first kappa shape index (κ1) is 27.5. The van der Waals surface area contributed by atoms with Crippen LogP contribution in [0.25, 0.3) is 0 Å². The maximum atomic E-state index is 4.07. The quantitative estimate of drug-likeness (QED) is 0.368. The van der Waals surface area contributed by atoms with E-state index in [0.717, 1.165) is 12.6 Å². The summed E-state index contributed by atoms with van der Waals surface area (Å²) in [5.74, 6) is 0.836. The van der Waals surface area contributed by atoms with Crippen LogP contribution in [0.5, 0.6) is 0 Å². The summed E-state index contributed by atoms with van der Waals surface area (Å²) in [6, 6.07) is 10.1. The molecule has 2 aromatic carbocycles. The minimum atomic E-state index is 0.283. The van der Waals surface area contributed by atoms with E-state index < -0.39 is 0 Å². The summed E-state index contributed by atoms with van der Waals surface area (Å²) in [7, 11) is 6.72. The molecule has 1 heterocycles. The Morgan fingerprint density at radius 2 is 1.84 bits per heavy atom. The Hall–Kier alpha value is -2.04. The van der Waals surface area contributed by atoms with E-state index in [1.165, 1.54) is 118 Å². The Morgan fingerprint density at radius 1 is 1.03 bits per heavy atom. The molecular weight excluding hydrogens is 464 g/mol. The summed E-state index contributed by atoms with van der Waals surface area (Å²) < 4.78 is 0. The number of likely N-dealkylation sites (N-methyl/N-ethyl adjacent to an activating group) is 1. The smallest absolute Gasteiger partial charge is 0.0509 e. The normalized spacial score (nSPS) is 19.6. The van der Waals surface area contributed by atoms with Crippen molar-refractivity contribution in [2.75, 3.05) is 57.7 Å². The van der Waals surface area contributed by atoms with Gasteiger partial charge in [-0.25, -0.2) is 0 Å². The van der Waals surface area contributed by atoms with Crippen LogP contribution in [-0.4, -0.2) is 57.2 Å². The van der Waals surface area contributed by atoms with Crippen LogP contribution in [0.2, 0.25) is 0 Å². The number of anilines is 2. The molecule has 3 aliphatic rings. The van der Waals surface area contributed by atoms with E-state index in [1.807, 2.05) is 0 Å². The molecule has 2 fully saturated rings. The zero-order valence-corrected chi connectivity index (χ0v) is 24.9. The van der Waals surface area contributed by atoms with Gasteiger partial charge in [-0.3, -0.25) is 9.80 Å². The molecule has 4 nitrogen and oxygen atoms in total. The van der Waals surface area contributed by atoms with Crippen molar-refractivity contribution in [2.45, 2.75) is 90.5 Å². The lowest BCUT2D eigenvalue weighted by molar-refractivity contribution is 0.272. The maximum Gasteiger partial charge on any atom is 0.0509 e. The highest BCUT2D eigenvalue weighted by molar-refractivity contribution is 5.66. The summed E-state index contributed by atoms with van der Waals surface area (Å²) in [4.78, 5) is 7.41. The van der Waals surface area contributed by atoms with Gasteiger partial charge in [-0.15, -0.1) is 0 Å². The molecule has 0 bridgehead atoms. The third-order valence-corrected chi connectivity index (χ3v) is 9.48. The van der Waals surface area contributed by atoms with Gasteiger partial charge in [-0.1, -0.05) is 50.3 Å². The highest BCUT2D eigenvalue weighted by atomic mass is 15.4. The standard InChI is InChI=1S/C34H52N4/c1-25-16-17-29-14-9-15-31(29)34(25)35-26(2)33-30(21-27-11-7-6-8-12-27)22-28(23-32(33)36(3)4)13-10-18-38-20-19-37(5)24-38/h16-17,22-23,26-27,35H,6-15,18-21,24H2,1-5H3. The number of nitrogens with zero attached hydrogens (tertiary/aromatic N) is 3. The minimum absolute atomic E-state index is 0.283. The molecule has 1 saturated carbocycles. The van der Waals surface area contributed by atoms with Crippen molar-refractivity contribution in [3.63, 3.8) is 0 Å². The predicted molar refractivity (Wildman–Crippen MR) is 164 cm³/mol. The van der Waals surface area contributed by atoms with Crippen molar-refractivity contribution >= 4 is 11.4 Å². The molecule has 0 spiro atoms. The number of fused-ring (bicyclic) bond motifs is 1. The van der Waals surface area contributed by atoms with Gasteiger partial charge >= 0.3 is 0 Å². The lowest BCUT2D eigenvalue weighted by Crippen LogP contribution is -2.24. The Labute approximate surface area is 232 Å². The fraction of sp³-hybridized carbons (Fsp3) is 0.647. The molecule has 1 saturated heterocycles. The van der Waals surface area contributed by atoms with Gasteiger partial charge in [0.05, 0.1) is 12.7 Å². The molecule has 1 aliphatic heterocycles. The average molecular weight is 517 g/mol. The van der Waals surface area contributed by atoms with E-state index >= 15 is 0 Å². The fourth-order valence-electron chi connectivity index (χ4n) is 7.40. The SMILES string of the molecule is Cc1ccc2c(c1NC(C)c1c(CC3CCCCC3)cc(CCCN3CCN(C)C3)cc1N(C)C)CCC2. The highest BCUT2D eigenvalue weighted by Gasteiger charge is 2.24. The molecule has 1 unspecified atom stereocenters. The second-order valence-corrected chi connectivity index (χ2v) is 12.8. The van der Waals surface area contributed by atoms with Crippen molar-refractivity contribution in [1.82, 2.24) is 9.80 Å². The lowest BCUT2D eigenvalue weighted by Gasteiger charge is -2.30. The van der Waals surface area contributed by atoms with Gasteiger partial charge in [0.25, 0.3) is 0 Å². The Morgan fingerprint density at radius 3 is 2.58 bits per heavy atom. The first-order valence-electron chi connectivity index (χ1n) is 15.5. The Bertz CT molecular complexity index is 1080. The molecule has 2 aliphatic carbocycles. The van der Waals surface area contributed by atoms with Crippen LogP contribution in [0, 0.1) is 12.8 Å². The molecule has 38 heavy (non-hydrogen) atoms. The molecule has 1 N–H and O–H groups in total. The number of aryl methyl sites for hydroxylation is 3. The first-order valence-corrected chi connectivity index (χ1v) is 15.5. The predicted octanol–water partition coefficient (Wildman–Crippen LogP) is 6.98. The van der Waals surface area contributed by atoms with E-state index in [1.54, 1.807) is 16.7 Å². The second-order valence-electron chi connectivity index (χ2n) is 12.8. The lowest BCUT2D eigenvalue weighted by atomic mass is 9.82. The van der Waals surface area contributed by atoms with Crippen LogP contribution in [0.1, 0.15) is 91.3 Å². The van der Waals surface area contributed by atoms with Crippen molar-refractivity contribution in [3.05, 3.63) is 57.6 Å². The summed E-state index contributed by atoms with van der Waals surface area (Å²) in [6.07, 6.45) is 14.4. The zero-order valence-electron chi connectivity index (χ0n) is 24.9. The van der Waals surface area contributed by atoms with E-state index in [0.29, 0.717) is 0 Å². The summed E-state index contributed by atoms with van der Waals surface area (Å²) in [5, 5.41) is 4.07. The number of hydrogen-bond acceptors (Lipinski definition) is 4. The van der Waals surface area contributed by atoms with Gasteiger partial charge in [0.15, 0.2) is 0 Å². The van der Waals surface area contributed by atoms with E-state index in [4.69, 9.17) is 0 Å². The van der Waals surface area contributed by atoms with Gasteiger partial charge < -0.3 is 10.2 Å². The monoisotopic (exact) mass is 516 g/mol. The van der Waals surface area contributed by atoms with Gasteiger partial charge in [0, 0.05) is 44.1 Å². The maximum absolute atomic E-state index is 4.07. The third-order valence-electron chi connectivity index (χ3n) is 9.48. The molecule has 208 valence electrons. The molecule has 0 amide bonds. The van der Waals surface area contributed by atoms with Gasteiger partial charge in [-0.2, -0.15) is 0 Å². The Kier molecular flexibility index (Phi) is 9.00. The topological polar surface area (TPSA) is 21.8 Å².